The maximum atomic E-state index is 12.1. The number of anilines is 1. The van der Waals surface area contributed by atoms with Gasteiger partial charge in [-0.2, -0.15) is 0 Å². The molecule has 33 heavy (non-hydrogen) atoms. The zero-order valence-electron chi connectivity index (χ0n) is 18.0. The standard InChI is InChI=1S/C22H23N3O8/c1-14(26)3-12-20(15(2)27)24-21(28)23-17-6-4-16(5-7-17)13-32-22(29)33-19-10-8-18(9-11-19)25(30)31/h4-11,20H,3,12-13H2,1-2H3,(H2,23,24,28). The fourth-order valence-electron chi connectivity index (χ4n) is 2.64. The molecule has 0 radical (unpaired) electrons. The van der Waals surface area contributed by atoms with Gasteiger partial charge in [-0.25, -0.2) is 9.59 Å². The fourth-order valence-corrected chi connectivity index (χ4v) is 2.64. The Balaban J connectivity index is 1.81. The number of ketones is 2. The molecule has 0 aliphatic carbocycles. The number of urea groups is 1. The van der Waals surface area contributed by atoms with Gasteiger partial charge in [0.1, 0.15) is 18.1 Å². The van der Waals surface area contributed by atoms with Crippen LogP contribution >= 0.6 is 0 Å². The Kier molecular flexibility index (Phi) is 9.04. The molecule has 1 atom stereocenters. The lowest BCUT2D eigenvalue weighted by Gasteiger charge is -2.16. The molecule has 0 bridgehead atoms. The van der Waals surface area contributed by atoms with E-state index >= 15 is 0 Å². The van der Waals surface area contributed by atoms with Crippen molar-refractivity contribution in [3.05, 3.63) is 64.2 Å². The van der Waals surface area contributed by atoms with E-state index in [2.05, 4.69) is 10.6 Å². The molecule has 0 aliphatic rings. The van der Waals surface area contributed by atoms with Gasteiger partial charge in [0.15, 0.2) is 5.78 Å². The third kappa shape index (κ3) is 8.77. The van der Waals surface area contributed by atoms with E-state index in [1.807, 2.05) is 0 Å². The van der Waals surface area contributed by atoms with Gasteiger partial charge in [0, 0.05) is 24.2 Å². The molecule has 0 aliphatic heterocycles. The minimum Gasteiger partial charge on any atom is -0.429 e. The van der Waals surface area contributed by atoms with Crippen molar-refractivity contribution < 1.29 is 33.6 Å². The van der Waals surface area contributed by atoms with Gasteiger partial charge in [0.25, 0.3) is 5.69 Å². The van der Waals surface area contributed by atoms with Gasteiger partial charge in [0.05, 0.1) is 11.0 Å². The molecule has 2 rings (SSSR count). The average molecular weight is 457 g/mol. The molecule has 0 spiro atoms. The zero-order valence-corrected chi connectivity index (χ0v) is 18.0. The largest absolute Gasteiger partial charge is 0.514 e. The fraction of sp³-hybridized carbons (Fsp3) is 0.273. The van der Waals surface area contributed by atoms with Crippen LogP contribution in [0, 0.1) is 10.1 Å². The Labute approximate surface area is 189 Å². The van der Waals surface area contributed by atoms with E-state index in [1.54, 1.807) is 24.3 Å². The Morgan fingerprint density at radius 1 is 1.00 bits per heavy atom. The van der Waals surface area contributed by atoms with Gasteiger partial charge in [-0.1, -0.05) is 12.1 Å². The molecule has 2 aromatic carbocycles. The number of nitro benzene ring substituents is 1. The summed E-state index contributed by atoms with van der Waals surface area (Å²) in [5.41, 5.74) is 0.925. The number of non-ortho nitro benzene ring substituents is 1. The Morgan fingerprint density at radius 3 is 2.18 bits per heavy atom. The lowest BCUT2D eigenvalue weighted by Crippen LogP contribution is -2.42. The second-order valence-corrected chi connectivity index (χ2v) is 7.09. The highest BCUT2D eigenvalue weighted by atomic mass is 16.7. The third-order valence-electron chi connectivity index (χ3n) is 4.40. The summed E-state index contributed by atoms with van der Waals surface area (Å²) in [5, 5.41) is 15.7. The first kappa shape index (κ1) is 25.0. The highest BCUT2D eigenvalue weighted by Crippen LogP contribution is 2.18. The number of amides is 2. The van der Waals surface area contributed by atoms with Crippen LogP contribution in [0.25, 0.3) is 0 Å². The predicted octanol–water partition coefficient (Wildman–Crippen LogP) is 3.76. The number of carbonyl (C=O) groups excluding carboxylic acids is 4. The van der Waals surface area contributed by atoms with Crippen molar-refractivity contribution in [3.8, 4) is 5.75 Å². The van der Waals surface area contributed by atoms with Crippen molar-refractivity contribution in [3.63, 3.8) is 0 Å². The van der Waals surface area contributed by atoms with Gasteiger partial charge in [0.2, 0.25) is 0 Å². The first-order chi connectivity index (χ1) is 15.6. The van der Waals surface area contributed by atoms with Crippen LogP contribution in [0.1, 0.15) is 32.3 Å². The first-order valence-electron chi connectivity index (χ1n) is 9.89. The number of carbonyl (C=O) groups is 4. The summed E-state index contributed by atoms with van der Waals surface area (Å²) in [6, 6.07) is 10.0. The summed E-state index contributed by atoms with van der Waals surface area (Å²) in [4.78, 5) is 56.7. The molecule has 0 fully saturated rings. The average Bonchev–Trinajstić information content (AvgIpc) is 2.76. The summed E-state index contributed by atoms with van der Waals surface area (Å²) >= 11 is 0. The second-order valence-electron chi connectivity index (χ2n) is 7.09. The van der Waals surface area contributed by atoms with Gasteiger partial charge in [-0.15, -0.1) is 0 Å². The number of rotatable bonds is 10. The van der Waals surface area contributed by atoms with Crippen molar-refractivity contribution in [2.75, 3.05) is 5.32 Å². The van der Waals surface area contributed by atoms with E-state index in [-0.39, 0.29) is 42.5 Å². The number of nitrogens with zero attached hydrogens (tertiary/aromatic N) is 1. The van der Waals surface area contributed by atoms with E-state index in [0.717, 1.165) is 0 Å². The van der Waals surface area contributed by atoms with Gasteiger partial charge in [-0.3, -0.25) is 14.9 Å². The Morgan fingerprint density at radius 2 is 1.64 bits per heavy atom. The number of hydrogen-bond donors (Lipinski definition) is 2. The van der Waals surface area contributed by atoms with E-state index in [4.69, 9.17) is 9.47 Å². The van der Waals surface area contributed by atoms with Crippen LogP contribution in [0.3, 0.4) is 0 Å². The second kappa shape index (κ2) is 11.9. The van der Waals surface area contributed by atoms with Gasteiger partial charge < -0.3 is 24.9 Å². The zero-order chi connectivity index (χ0) is 24.4. The van der Waals surface area contributed by atoms with Crippen LogP contribution in [0.5, 0.6) is 5.75 Å². The van der Waals surface area contributed by atoms with E-state index in [1.165, 1.54) is 38.1 Å². The lowest BCUT2D eigenvalue weighted by atomic mass is 10.1. The molecule has 0 saturated carbocycles. The lowest BCUT2D eigenvalue weighted by molar-refractivity contribution is -0.384. The number of nitro groups is 1. The number of benzene rings is 2. The maximum absolute atomic E-state index is 12.1. The predicted molar refractivity (Wildman–Crippen MR) is 117 cm³/mol. The summed E-state index contributed by atoms with van der Waals surface area (Å²) in [6.07, 6.45) is -0.567. The van der Waals surface area contributed by atoms with E-state index in [0.29, 0.717) is 11.3 Å². The Bertz CT molecular complexity index is 1020. The number of Topliss-reactive ketones (excluding diaryl/α,β-unsaturated/α-hetero) is 2. The van der Waals surface area contributed by atoms with Crippen LogP contribution in [-0.2, 0) is 20.9 Å². The van der Waals surface area contributed by atoms with Crippen molar-refractivity contribution in [2.24, 2.45) is 0 Å². The summed E-state index contributed by atoms with van der Waals surface area (Å²) < 4.78 is 9.94. The smallest absolute Gasteiger partial charge is 0.429 e. The number of nitrogens with one attached hydrogen (secondary N) is 2. The maximum Gasteiger partial charge on any atom is 0.514 e. The van der Waals surface area contributed by atoms with E-state index < -0.39 is 23.2 Å². The highest BCUT2D eigenvalue weighted by molar-refractivity contribution is 5.93. The third-order valence-corrected chi connectivity index (χ3v) is 4.40. The quantitative estimate of drug-likeness (QED) is 0.237. The van der Waals surface area contributed by atoms with Crippen LogP contribution in [0.2, 0.25) is 0 Å². The molecule has 2 N–H and O–H groups in total. The summed E-state index contributed by atoms with van der Waals surface area (Å²) in [7, 11) is 0. The van der Waals surface area contributed by atoms with Crippen molar-refractivity contribution in [1.29, 1.82) is 0 Å². The van der Waals surface area contributed by atoms with Gasteiger partial charge in [-0.05, 0) is 50.1 Å². The van der Waals surface area contributed by atoms with Crippen molar-refractivity contribution in [2.45, 2.75) is 39.3 Å². The molecular weight excluding hydrogens is 434 g/mol. The van der Waals surface area contributed by atoms with Crippen LogP contribution in [-0.4, -0.2) is 34.7 Å². The molecule has 174 valence electrons. The Hall–Kier alpha value is -4.28. The molecule has 2 aromatic rings. The molecule has 0 heterocycles. The topological polar surface area (TPSA) is 154 Å². The first-order valence-corrected chi connectivity index (χ1v) is 9.89. The highest BCUT2D eigenvalue weighted by Gasteiger charge is 2.17. The van der Waals surface area contributed by atoms with Crippen molar-refractivity contribution in [1.82, 2.24) is 5.32 Å². The molecule has 0 saturated heterocycles. The minimum atomic E-state index is -0.980. The van der Waals surface area contributed by atoms with Crippen LogP contribution < -0.4 is 15.4 Å². The molecule has 11 nitrogen and oxygen atoms in total. The summed E-state index contributed by atoms with van der Waals surface area (Å²) in [5.74, 6) is -0.222. The SMILES string of the molecule is CC(=O)CCC(NC(=O)Nc1ccc(COC(=O)Oc2ccc([N+](=O)[O-])cc2)cc1)C(C)=O. The molecule has 0 aromatic heterocycles. The minimum absolute atomic E-state index is 0.0714. The molecular formula is C22H23N3O8. The van der Waals surface area contributed by atoms with Crippen LogP contribution in [0.4, 0.5) is 21.0 Å². The number of hydrogen-bond acceptors (Lipinski definition) is 8. The van der Waals surface area contributed by atoms with Gasteiger partial charge >= 0.3 is 12.2 Å². The molecule has 11 heteroatoms. The summed E-state index contributed by atoms with van der Waals surface area (Å²) in [6.45, 7) is 2.65. The number of ether oxygens (including phenoxy) is 2. The molecule has 2 amide bonds. The van der Waals surface area contributed by atoms with E-state index in [9.17, 15) is 29.3 Å². The van der Waals surface area contributed by atoms with Crippen LogP contribution in [0.15, 0.2) is 48.5 Å². The molecule has 1 unspecified atom stereocenters. The normalized spacial score (nSPS) is 11.1. The monoisotopic (exact) mass is 457 g/mol. The van der Waals surface area contributed by atoms with Crippen molar-refractivity contribution >= 4 is 35.1 Å².